The van der Waals surface area contributed by atoms with Gasteiger partial charge in [0, 0.05) is 17.3 Å². The summed E-state index contributed by atoms with van der Waals surface area (Å²) < 4.78 is 0. The van der Waals surface area contributed by atoms with Crippen LogP contribution in [0, 0.1) is 0 Å². The number of fused-ring (bicyclic) bond motifs is 2. The summed E-state index contributed by atoms with van der Waals surface area (Å²) in [5.74, 6) is 0. The maximum absolute atomic E-state index is 4.63. The Hall–Kier alpha value is -2.09. The normalized spacial score (nSPS) is 13.7. The fraction of sp³-hybridized carbons (Fsp3) is 0.235. The van der Waals surface area contributed by atoms with E-state index in [1.165, 1.54) is 5.69 Å². The first-order chi connectivity index (χ1) is 9.07. The minimum atomic E-state index is -0.0000926. The van der Waals surface area contributed by atoms with Crippen molar-refractivity contribution < 1.29 is 0 Å². The first-order valence-electron chi connectivity index (χ1n) is 6.60. The van der Waals surface area contributed by atoms with Crippen molar-refractivity contribution in [1.82, 2.24) is 0 Å². The third kappa shape index (κ3) is 2.03. The molecule has 0 saturated carbocycles. The molecule has 2 heteroatoms. The highest BCUT2D eigenvalue weighted by atomic mass is 15.2. The zero-order valence-corrected chi connectivity index (χ0v) is 11.6. The smallest absolute Gasteiger partial charge is 0.0866 e. The maximum atomic E-state index is 4.63. The lowest BCUT2D eigenvalue weighted by Crippen LogP contribution is -2.37. The third-order valence-corrected chi connectivity index (χ3v) is 3.31. The van der Waals surface area contributed by atoms with E-state index in [1.807, 2.05) is 12.3 Å². The summed E-state index contributed by atoms with van der Waals surface area (Å²) >= 11 is 0. The Morgan fingerprint density at radius 3 is 2.21 bits per heavy atom. The molecule has 0 bridgehead atoms. The van der Waals surface area contributed by atoms with Crippen molar-refractivity contribution >= 4 is 23.3 Å². The van der Waals surface area contributed by atoms with E-state index < -0.39 is 0 Å². The summed E-state index contributed by atoms with van der Waals surface area (Å²) in [5.41, 5.74) is 4.56. The second-order valence-corrected chi connectivity index (χ2v) is 5.81. The molecule has 0 unspecified atom stereocenters. The first kappa shape index (κ1) is 12.0. The summed E-state index contributed by atoms with van der Waals surface area (Å²) in [6, 6.07) is 16.7. The van der Waals surface area contributed by atoms with Crippen LogP contribution in [0.25, 0.3) is 0 Å². The average Bonchev–Trinajstić information content (AvgIpc) is 2.54. The van der Waals surface area contributed by atoms with Crippen molar-refractivity contribution in [3.63, 3.8) is 0 Å². The Balaban J connectivity index is 2.31. The van der Waals surface area contributed by atoms with Gasteiger partial charge in [-0.05, 0) is 39.0 Å². The van der Waals surface area contributed by atoms with E-state index in [2.05, 4.69) is 73.1 Å². The highest BCUT2D eigenvalue weighted by molar-refractivity contribution is 5.96. The van der Waals surface area contributed by atoms with Gasteiger partial charge in [0.2, 0.25) is 0 Å². The minimum Gasteiger partial charge on any atom is -0.334 e. The van der Waals surface area contributed by atoms with Gasteiger partial charge >= 0.3 is 0 Å². The van der Waals surface area contributed by atoms with Gasteiger partial charge in [-0.1, -0.05) is 30.3 Å². The minimum absolute atomic E-state index is 0.0000926. The van der Waals surface area contributed by atoms with Crippen LogP contribution in [0.2, 0.25) is 0 Å². The van der Waals surface area contributed by atoms with Crippen LogP contribution in [0.4, 0.5) is 17.1 Å². The van der Waals surface area contributed by atoms with Gasteiger partial charge < -0.3 is 4.90 Å². The number of rotatable bonds is 0. The van der Waals surface area contributed by atoms with Crippen molar-refractivity contribution in [2.75, 3.05) is 4.90 Å². The standard InChI is InChI=1S/C17H18N2/c1-17(2,3)19-15-10-6-4-8-13(15)12-18-14-9-5-7-11-16(14)19/h4-12H,1-3H3. The molecule has 0 N–H and O–H groups in total. The van der Waals surface area contributed by atoms with Gasteiger partial charge in [0.15, 0.2) is 0 Å². The van der Waals surface area contributed by atoms with Crippen molar-refractivity contribution in [3.05, 3.63) is 54.1 Å². The molecule has 0 amide bonds. The zero-order chi connectivity index (χ0) is 13.5. The van der Waals surface area contributed by atoms with Crippen molar-refractivity contribution in [3.8, 4) is 0 Å². The van der Waals surface area contributed by atoms with E-state index in [-0.39, 0.29) is 5.54 Å². The van der Waals surface area contributed by atoms with Gasteiger partial charge in [-0.15, -0.1) is 0 Å². The first-order valence-corrected chi connectivity index (χ1v) is 6.60. The zero-order valence-electron chi connectivity index (χ0n) is 11.6. The number of aliphatic imine (C=N–C) groups is 1. The lowest BCUT2D eigenvalue weighted by molar-refractivity contribution is 0.561. The van der Waals surface area contributed by atoms with Crippen LogP contribution in [-0.2, 0) is 0 Å². The second kappa shape index (κ2) is 4.23. The fourth-order valence-electron chi connectivity index (χ4n) is 2.55. The molecule has 1 aliphatic rings. The molecule has 2 aromatic carbocycles. The number of hydrogen-bond donors (Lipinski definition) is 0. The molecule has 2 aromatic rings. The van der Waals surface area contributed by atoms with E-state index in [0.29, 0.717) is 0 Å². The van der Waals surface area contributed by atoms with Gasteiger partial charge in [-0.2, -0.15) is 0 Å². The molecule has 0 aliphatic carbocycles. The predicted molar refractivity (Wildman–Crippen MR) is 82.0 cm³/mol. The lowest BCUT2D eigenvalue weighted by Gasteiger charge is -2.38. The van der Waals surface area contributed by atoms with Crippen LogP contribution in [0.1, 0.15) is 26.3 Å². The summed E-state index contributed by atoms with van der Waals surface area (Å²) in [7, 11) is 0. The molecular weight excluding hydrogens is 232 g/mol. The van der Waals surface area contributed by atoms with Gasteiger partial charge in [-0.25, -0.2) is 0 Å². The summed E-state index contributed by atoms with van der Waals surface area (Å²) in [5, 5.41) is 0. The molecule has 0 aromatic heterocycles. The van der Waals surface area contributed by atoms with E-state index >= 15 is 0 Å². The Morgan fingerprint density at radius 2 is 1.47 bits per heavy atom. The number of para-hydroxylation sites is 3. The monoisotopic (exact) mass is 250 g/mol. The van der Waals surface area contributed by atoms with Crippen molar-refractivity contribution in [2.24, 2.45) is 4.99 Å². The Bertz CT molecular complexity index is 586. The molecule has 2 nitrogen and oxygen atoms in total. The molecule has 0 radical (unpaired) electrons. The third-order valence-electron chi connectivity index (χ3n) is 3.31. The highest BCUT2D eigenvalue weighted by Gasteiger charge is 2.27. The molecule has 0 spiro atoms. The van der Waals surface area contributed by atoms with Crippen LogP contribution in [-0.4, -0.2) is 11.8 Å². The highest BCUT2D eigenvalue weighted by Crippen LogP contribution is 2.41. The van der Waals surface area contributed by atoms with E-state index in [1.54, 1.807) is 0 Å². The number of anilines is 2. The Morgan fingerprint density at radius 1 is 0.842 bits per heavy atom. The fourth-order valence-corrected chi connectivity index (χ4v) is 2.55. The SMILES string of the molecule is CC(C)(C)N1c2ccccc2C=Nc2ccccc21. The molecule has 96 valence electrons. The Labute approximate surface area is 114 Å². The molecule has 1 heterocycles. The van der Waals surface area contributed by atoms with E-state index in [9.17, 15) is 0 Å². The van der Waals surface area contributed by atoms with Gasteiger partial charge in [0.1, 0.15) is 0 Å². The van der Waals surface area contributed by atoms with Crippen LogP contribution in [0.5, 0.6) is 0 Å². The van der Waals surface area contributed by atoms with Gasteiger partial charge in [0.25, 0.3) is 0 Å². The summed E-state index contributed by atoms with van der Waals surface area (Å²) in [4.78, 5) is 6.99. The quantitative estimate of drug-likeness (QED) is 0.662. The number of nitrogens with zero attached hydrogens (tertiary/aromatic N) is 2. The molecule has 0 atom stereocenters. The molecule has 0 fully saturated rings. The largest absolute Gasteiger partial charge is 0.334 e. The Kier molecular flexibility index (Phi) is 2.67. The molecule has 3 rings (SSSR count). The van der Waals surface area contributed by atoms with Crippen LogP contribution >= 0.6 is 0 Å². The van der Waals surface area contributed by atoms with E-state index in [4.69, 9.17) is 0 Å². The lowest BCUT2D eigenvalue weighted by atomic mass is 10.0. The summed E-state index contributed by atoms with van der Waals surface area (Å²) in [6.45, 7) is 6.68. The van der Waals surface area contributed by atoms with E-state index in [0.717, 1.165) is 16.9 Å². The van der Waals surface area contributed by atoms with Crippen LogP contribution in [0.15, 0.2) is 53.5 Å². The van der Waals surface area contributed by atoms with Crippen LogP contribution < -0.4 is 4.90 Å². The topological polar surface area (TPSA) is 15.6 Å². The number of hydrogen-bond acceptors (Lipinski definition) is 2. The van der Waals surface area contributed by atoms with Crippen LogP contribution in [0.3, 0.4) is 0 Å². The molecule has 19 heavy (non-hydrogen) atoms. The van der Waals surface area contributed by atoms with Crippen molar-refractivity contribution in [1.29, 1.82) is 0 Å². The molecule has 0 saturated heterocycles. The average molecular weight is 250 g/mol. The second-order valence-electron chi connectivity index (χ2n) is 5.81. The number of benzene rings is 2. The van der Waals surface area contributed by atoms with Gasteiger partial charge in [0.05, 0.1) is 17.1 Å². The summed E-state index contributed by atoms with van der Waals surface area (Å²) in [6.07, 6.45) is 1.96. The van der Waals surface area contributed by atoms with Crippen molar-refractivity contribution in [2.45, 2.75) is 26.3 Å². The molecular formula is C17H18N2. The molecule has 1 aliphatic heterocycles. The van der Waals surface area contributed by atoms with Gasteiger partial charge in [-0.3, -0.25) is 4.99 Å². The predicted octanol–water partition coefficient (Wildman–Crippen LogP) is 4.69. The maximum Gasteiger partial charge on any atom is 0.0866 e.